The molecule has 2 rings (SSSR count). The molecule has 0 aliphatic carbocycles. The molecule has 6 heteroatoms. The molecule has 2 atom stereocenters. The number of nitrogens with two attached hydrogens (primary N) is 1. The summed E-state index contributed by atoms with van der Waals surface area (Å²) in [5.74, 6) is 4.47. The number of ether oxygens (including phenoxy) is 1. The van der Waals surface area contributed by atoms with Crippen molar-refractivity contribution in [1.82, 2.24) is 4.90 Å². The number of hydrazine groups is 1. The Morgan fingerprint density at radius 3 is 2.89 bits per heavy atom. The van der Waals surface area contributed by atoms with Crippen LogP contribution in [-0.2, 0) is 4.74 Å². The molecule has 0 aromatic heterocycles. The van der Waals surface area contributed by atoms with E-state index in [9.17, 15) is 9.18 Å². The maximum atomic E-state index is 13.6. The number of hydrogen-bond donors (Lipinski definition) is 2. The second-order valence-electron chi connectivity index (χ2n) is 4.65. The molecule has 0 saturated carbocycles. The zero-order valence-electron chi connectivity index (χ0n) is 11.0. The molecule has 1 aliphatic heterocycles. The molecule has 1 heterocycles. The third-order valence-corrected chi connectivity index (χ3v) is 3.54. The van der Waals surface area contributed by atoms with Gasteiger partial charge < -0.3 is 15.1 Å². The van der Waals surface area contributed by atoms with Crippen molar-refractivity contribution in [2.24, 2.45) is 5.84 Å². The van der Waals surface area contributed by atoms with Crippen molar-refractivity contribution in [1.29, 1.82) is 0 Å². The number of carbonyl (C=O) groups excluding carboxylic acids is 1. The molecular formula is C13H18FN3O2. The number of para-hydroxylation sites is 1. The molecule has 0 bridgehead atoms. The molecule has 1 saturated heterocycles. The summed E-state index contributed by atoms with van der Waals surface area (Å²) in [5.41, 5.74) is 2.49. The molecule has 1 aliphatic rings. The fourth-order valence-electron chi connectivity index (χ4n) is 2.42. The van der Waals surface area contributed by atoms with Crippen LogP contribution in [0.3, 0.4) is 0 Å². The molecule has 3 N–H and O–H groups in total. The average molecular weight is 267 g/mol. The van der Waals surface area contributed by atoms with E-state index >= 15 is 0 Å². The van der Waals surface area contributed by atoms with Gasteiger partial charge in [-0.3, -0.25) is 10.6 Å². The van der Waals surface area contributed by atoms with E-state index in [1.807, 2.05) is 6.92 Å². The largest absolute Gasteiger partial charge is 0.376 e. The lowest BCUT2D eigenvalue weighted by molar-refractivity contribution is 0.0575. The standard InChI is InChI=1S/C13H18FN3O2/c1-8-11(6-7-19-8)17(2)13(18)9-4-3-5-10(14)12(9)16-15/h3-5,8,11,16H,6-7,15H2,1-2H3. The molecule has 1 aromatic rings. The van der Waals surface area contributed by atoms with Crippen molar-refractivity contribution in [2.45, 2.75) is 25.5 Å². The number of likely N-dealkylation sites (N-methyl/N-ethyl adjacent to an activating group) is 1. The molecule has 1 amide bonds. The lowest BCUT2D eigenvalue weighted by atomic mass is 10.1. The fourth-order valence-corrected chi connectivity index (χ4v) is 2.42. The van der Waals surface area contributed by atoms with Crippen LogP contribution in [0.1, 0.15) is 23.7 Å². The number of benzene rings is 1. The number of rotatable bonds is 3. The Bertz CT molecular complexity index is 481. The van der Waals surface area contributed by atoms with E-state index in [1.165, 1.54) is 12.1 Å². The first-order valence-corrected chi connectivity index (χ1v) is 6.20. The van der Waals surface area contributed by atoms with Crippen LogP contribution in [0, 0.1) is 5.82 Å². The van der Waals surface area contributed by atoms with Crippen molar-refractivity contribution in [3.8, 4) is 0 Å². The van der Waals surface area contributed by atoms with Gasteiger partial charge in [0.25, 0.3) is 5.91 Å². The molecule has 19 heavy (non-hydrogen) atoms. The second-order valence-corrected chi connectivity index (χ2v) is 4.65. The highest BCUT2D eigenvalue weighted by Crippen LogP contribution is 2.24. The van der Waals surface area contributed by atoms with Crippen molar-refractivity contribution in [3.05, 3.63) is 29.6 Å². The molecule has 0 radical (unpaired) electrons. The van der Waals surface area contributed by atoms with Crippen LogP contribution in [-0.4, -0.2) is 36.6 Å². The van der Waals surface area contributed by atoms with E-state index < -0.39 is 5.82 Å². The zero-order chi connectivity index (χ0) is 14.0. The number of hydrogen-bond acceptors (Lipinski definition) is 4. The quantitative estimate of drug-likeness (QED) is 0.641. The minimum atomic E-state index is -0.544. The van der Waals surface area contributed by atoms with Crippen molar-refractivity contribution < 1.29 is 13.9 Å². The number of amides is 1. The van der Waals surface area contributed by atoms with Gasteiger partial charge in [-0.1, -0.05) is 6.07 Å². The number of halogens is 1. The Morgan fingerprint density at radius 1 is 1.58 bits per heavy atom. The molecule has 104 valence electrons. The van der Waals surface area contributed by atoms with Crippen molar-refractivity contribution >= 4 is 11.6 Å². The van der Waals surface area contributed by atoms with E-state index in [2.05, 4.69) is 5.43 Å². The fraction of sp³-hybridized carbons (Fsp3) is 0.462. The first kappa shape index (κ1) is 13.8. The summed E-state index contributed by atoms with van der Waals surface area (Å²) >= 11 is 0. The minimum Gasteiger partial charge on any atom is -0.376 e. The second kappa shape index (κ2) is 5.54. The highest BCUT2D eigenvalue weighted by atomic mass is 19.1. The van der Waals surface area contributed by atoms with Gasteiger partial charge in [-0.15, -0.1) is 0 Å². The predicted molar refractivity (Wildman–Crippen MR) is 70.1 cm³/mol. The molecule has 2 unspecified atom stereocenters. The summed E-state index contributed by atoms with van der Waals surface area (Å²) in [6.07, 6.45) is 0.765. The van der Waals surface area contributed by atoms with Gasteiger partial charge in [-0.25, -0.2) is 4.39 Å². The van der Waals surface area contributed by atoms with Crippen molar-refractivity contribution in [3.63, 3.8) is 0 Å². The van der Waals surface area contributed by atoms with Gasteiger partial charge in [0, 0.05) is 13.7 Å². The van der Waals surface area contributed by atoms with Crippen molar-refractivity contribution in [2.75, 3.05) is 19.1 Å². The van der Waals surface area contributed by atoms with E-state index in [0.717, 1.165) is 6.42 Å². The third kappa shape index (κ3) is 2.54. The maximum Gasteiger partial charge on any atom is 0.256 e. The highest BCUT2D eigenvalue weighted by molar-refractivity contribution is 5.99. The monoisotopic (exact) mass is 267 g/mol. The third-order valence-electron chi connectivity index (χ3n) is 3.54. The zero-order valence-corrected chi connectivity index (χ0v) is 11.0. The van der Waals surface area contributed by atoms with Crippen LogP contribution < -0.4 is 11.3 Å². The molecule has 1 aromatic carbocycles. The summed E-state index contributed by atoms with van der Waals surface area (Å²) in [7, 11) is 1.70. The van der Waals surface area contributed by atoms with E-state index in [4.69, 9.17) is 10.6 Å². The predicted octanol–water partition coefficient (Wildman–Crippen LogP) is 1.36. The minimum absolute atomic E-state index is 0.00129. The van der Waals surface area contributed by atoms with Gasteiger partial charge in [-0.2, -0.15) is 0 Å². The Balaban J connectivity index is 2.26. The van der Waals surface area contributed by atoms with Crippen LogP contribution in [0.5, 0.6) is 0 Å². The van der Waals surface area contributed by atoms with Gasteiger partial charge in [-0.05, 0) is 25.5 Å². The Kier molecular flexibility index (Phi) is 4.01. The lowest BCUT2D eigenvalue weighted by Crippen LogP contribution is -2.41. The van der Waals surface area contributed by atoms with Crippen LogP contribution in [0.4, 0.5) is 10.1 Å². The smallest absolute Gasteiger partial charge is 0.256 e. The van der Waals surface area contributed by atoms with E-state index in [1.54, 1.807) is 18.0 Å². The first-order valence-electron chi connectivity index (χ1n) is 6.20. The number of nitrogen functional groups attached to an aromatic ring is 1. The Hall–Kier alpha value is -1.66. The van der Waals surface area contributed by atoms with Crippen LogP contribution in [0.15, 0.2) is 18.2 Å². The van der Waals surface area contributed by atoms with Gasteiger partial charge in [0.2, 0.25) is 0 Å². The van der Waals surface area contributed by atoms with E-state index in [-0.39, 0.29) is 29.3 Å². The SMILES string of the molecule is CC1OCCC1N(C)C(=O)c1cccc(F)c1NN. The summed E-state index contributed by atoms with van der Waals surface area (Å²) in [5, 5.41) is 0. The van der Waals surface area contributed by atoms with E-state index in [0.29, 0.717) is 6.61 Å². The molecule has 5 nitrogen and oxygen atoms in total. The molecule has 1 fully saturated rings. The Labute approximate surface area is 111 Å². The Morgan fingerprint density at radius 2 is 2.32 bits per heavy atom. The topological polar surface area (TPSA) is 67.6 Å². The van der Waals surface area contributed by atoms with Crippen LogP contribution >= 0.6 is 0 Å². The lowest BCUT2D eigenvalue weighted by Gasteiger charge is -2.27. The first-order chi connectivity index (χ1) is 9.06. The summed E-state index contributed by atoms with van der Waals surface area (Å²) in [6.45, 7) is 2.56. The number of nitrogens with one attached hydrogen (secondary N) is 1. The molecular weight excluding hydrogens is 249 g/mol. The average Bonchev–Trinajstić information content (AvgIpc) is 2.83. The number of carbonyl (C=O) groups is 1. The maximum absolute atomic E-state index is 13.6. The van der Waals surface area contributed by atoms with Crippen LogP contribution in [0.2, 0.25) is 0 Å². The van der Waals surface area contributed by atoms with Gasteiger partial charge >= 0.3 is 0 Å². The summed E-state index contributed by atoms with van der Waals surface area (Å²) in [4.78, 5) is 14.0. The summed E-state index contributed by atoms with van der Waals surface area (Å²) in [6, 6.07) is 4.30. The summed E-state index contributed by atoms with van der Waals surface area (Å²) < 4.78 is 19.0. The number of anilines is 1. The molecule has 0 spiro atoms. The number of nitrogens with zero attached hydrogens (tertiary/aromatic N) is 1. The highest BCUT2D eigenvalue weighted by Gasteiger charge is 2.32. The van der Waals surface area contributed by atoms with Gasteiger partial charge in [0.1, 0.15) is 5.82 Å². The van der Waals surface area contributed by atoms with Gasteiger partial charge in [0.05, 0.1) is 23.4 Å². The van der Waals surface area contributed by atoms with Gasteiger partial charge in [0.15, 0.2) is 0 Å². The van der Waals surface area contributed by atoms with Crippen LogP contribution in [0.25, 0.3) is 0 Å². The normalized spacial score (nSPS) is 22.3.